The van der Waals surface area contributed by atoms with Crippen LogP contribution in [0.4, 0.5) is 0 Å². The Morgan fingerprint density at radius 2 is 2.36 bits per heavy atom. The summed E-state index contributed by atoms with van der Waals surface area (Å²) < 4.78 is 5.33. The van der Waals surface area contributed by atoms with Crippen molar-refractivity contribution >= 4 is 22.5 Å². The van der Waals surface area contributed by atoms with Gasteiger partial charge in [0.25, 0.3) is 0 Å². The number of hydrogen-bond acceptors (Lipinski definition) is 2. The van der Waals surface area contributed by atoms with Gasteiger partial charge in [-0.3, -0.25) is 5.10 Å². The van der Waals surface area contributed by atoms with Crippen LogP contribution in [-0.4, -0.2) is 22.7 Å². The molecule has 0 fully saturated rings. The van der Waals surface area contributed by atoms with Crippen LogP contribution in [0, 0.1) is 0 Å². The van der Waals surface area contributed by atoms with E-state index in [4.69, 9.17) is 16.3 Å². The Labute approximate surface area is 87.0 Å². The Morgan fingerprint density at radius 1 is 1.43 bits per heavy atom. The number of aromatic nitrogens is 2. The number of benzene rings is 1. The second-order valence-corrected chi connectivity index (χ2v) is 3.41. The van der Waals surface area contributed by atoms with Crippen LogP contribution in [0.5, 0.6) is 0 Å². The Morgan fingerprint density at radius 3 is 3.21 bits per heavy atom. The molecule has 0 aliphatic carbocycles. The van der Waals surface area contributed by atoms with Gasteiger partial charge in [0.15, 0.2) is 0 Å². The quantitative estimate of drug-likeness (QED) is 0.621. The predicted molar refractivity (Wildman–Crippen MR) is 56.5 cm³/mol. The third-order valence-electron chi connectivity index (χ3n) is 1.99. The molecule has 1 heterocycles. The van der Waals surface area contributed by atoms with Gasteiger partial charge < -0.3 is 4.74 Å². The third kappa shape index (κ3) is 2.05. The van der Waals surface area contributed by atoms with Gasteiger partial charge in [0.1, 0.15) is 0 Å². The molecular weight excluding hydrogens is 200 g/mol. The average Bonchev–Trinajstić information content (AvgIpc) is 2.65. The third-order valence-corrected chi connectivity index (χ3v) is 2.15. The fourth-order valence-electron chi connectivity index (χ4n) is 1.33. The molecule has 0 spiro atoms. The van der Waals surface area contributed by atoms with Crippen LogP contribution < -0.4 is 0 Å². The molecule has 4 heteroatoms. The first-order valence-corrected chi connectivity index (χ1v) is 4.99. The summed E-state index contributed by atoms with van der Waals surface area (Å²) >= 11 is 5.51. The topological polar surface area (TPSA) is 37.9 Å². The summed E-state index contributed by atoms with van der Waals surface area (Å²) in [5.74, 6) is 0.536. The van der Waals surface area contributed by atoms with E-state index in [1.807, 2.05) is 12.1 Å². The van der Waals surface area contributed by atoms with Gasteiger partial charge in [0, 0.05) is 11.3 Å². The van der Waals surface area contributed by atoms with Crippen molar-refractivity contribution < 1.29 is 4.74 Å². The van der Waals surface area contributed by atoms with Gasteiger partial charge in [-0.1, -0.05) is 6.07 Å². The van der Waals surface area contributed by atoms with Crippen LogP contribution in [0.25, 0.3) is 10.9 Å². The maximum Gasteiger partial charge on any atom is 0.0717 e. The maximum atomic E-state index is 5.51. The average molecular weight is 211 g/mol. The van der Waals surface area contributed by atoms with Crippen molar-refractivity contribution in [1.29, 1.82) is 0 Å². The van der Waals surface area contributed by atoms with Crippen molar-refractivity contribution in [2.24, 2.45) is 0 Å². The number of nitrogens with one attached hydrogen (secondary N) is 1. The molecule has 2 aromatic rings. The molecule has 0 aliphatic heterocycles. The Balaban J connectivity index is 2.10. The van der Waals surface area contributed by atoms with Gasteiger partial charge in [0.2, 0.25) is 0 Å². The number of hydrogen-bond donors (Lipinski definition) is 1. The highest BCUT2D eigenvalue weighted by atomic mass is 35.5. The lowest BCUT2D eigenvalue weighted by molar-refractivity contribution is 0.136. The maximum absolute atomic E-state index is 5.51. The minimum Gasteiger partial charge on any atom is -0.376 e. The van der Waals surface area contributed by atoms with Gasteiger partial charge in [-0.2, -0.15) is 5.10 Å². The smallest absolute Gasteiger partial charge is 0.0717 e. The van der Waals surface area contributed by atoms with Gasteiger partial charge in [-0.25, -0.2) is 0 Å². The molecule has 2 rings (SSSR count). The minimum absolute atomic E-state index is 0.536. The summed E-state index contributed by atoms with van der Waals surface area (Å²) in [6.45, 7) is 1.19. The van der Waals surface area contributed by atoms with Gasteiger partial charge >= 0.3 is 0 Å². The molecule has 0 atom stereocenters. The molecule has 0 unspecified atom stereocenters. The molecule has 1 aromatic carbocycles. The van der Waals surface area contributed by atoms with Crippen LogP contribution in [0.1, 0.15) is 5.56 Å². The highest BCUT2D eigenvalue weighted by Crippen LogP contribution is 2.13. The van der Waals surface area contributed by atoms with Gasteiger partial charge in [0.05, 0.1) is 24.9 Å². The Kier molecular flexibility index (Phi) is 3.01. The van der Waals surface area contributed by atoms with E-state index in [1.54, 1.807) is 6.20 Å². The van der Waals surface area contributed by atoms with Crippen LogP contribution in [0.2, 0.25) is 0 Å². The molecule has 1 N–H and O–H groups in total. The number of rotatable bonds is 4. The van der Waals surface area contributed by atoms with Crippen molar-refractivity contribution in [3.8, 4) is 0 Å². The first-order valence-electron chi connectivity index (χ1n) is 4.46. The zero-order valence-electron chi connectivity index (χ0n) is 7.66. The summed E-state index contributed by atoms with van der Waals surface area (Å²) in [7, 11) is 0. The van der Waals surface area contributed by atoms with E-state index in [-0.39, 0.29) is 0 Å². The molecule has 14 heavy (non-hydrogen) atoms. The molecule has 0 bridgehead atoms. The number of ether oxygens (including phenoxy) is 1. The number of fused-ring (bicyclic) bond motifs is 1. The van der Waals surface area contributed by atoms with E-state index in [9.17, 15) is 0 Å². The summed E-state index contributed by atoms with van der Waals surface area (Å²) in [5, 5.41) is 7.96. The van der Waals surface area contributed by atoms with Crippen LogP contribution in [0.15, 0.2) is 24.4 Å². The fraction of sp³-hybridized carbons (Fsp3) is 0.300. The van der Waals surface area contributed by atoms with E-state index in [0.29, 0.717) is 19.1 Å². The summed E-state index contributed by atoms with van der Waals surface area (Å²) in [4.78, 5) is 0. The van der Waals surface area contributed by atoms with Crippen molar-refractivity contribution in [3.63, 3.8) is 0 Å². The highest BCUT2D eigenvalue weighted by Gasteiger charge is 1.97. The molecule has 3 nitrogen and oxygen atoms in total. The molecule has 0 aliphatic rings. The zero-order chi connectivity index (χ0) is 9.80. The van der Waals surface area contributed by atoms with Gasteiger partial charge in [-0.05, 0) is 17.7 Å². The van der Waals surface area contributed by atoms with Crippen LogP contribution in [0.3, 0.4) is 0 Å². The normalized spacial score (nSPS) is 10.9. The Hall–Kier alpha value is -1.06. The second kappa shape index (κ2) is 4.44. The lowest BCUT2D eigenvalue weighted by Gasteiger charge is -2.01. The Bertz CT molecular complexity index is 413. The molecule has 1 aromatic heterocycles. The van der Waals surface area contributed by atoms with Gasteiger partial charge in [-0.15, -0.1) is 11.6 Å². The molecule has 0 radical (unpaired) electrons. The second-order valence-electron chi connectivity index (χ2n) is 3.03. The van der Waals surface area contributed by atoms with E-state index in [0.717, 1.165) is 16.5 Å². The standard InChI is InChI=1S/C10H11ClN2O/c11-3-4-14-7-8-1-2-10-9(5-8)6-12-13-10/h1-2,5-6H,3-4,7H2,(H,12,13). The lowest BCUT2D eigenvalue weighted by atomic mass is 10.2. The van der Waals surface area contributed by atoms with Crippen molar-refractivity contribution in [2.45, 2.75) is 6.61 Å². The summed E-state index contributed by atoms with van der Waals surface area (Å²) in [6.07, 6.45) is 1.81. The SMILES string of the molecule is ClCCOCc1ccc2[nH]ncc2c1. The van der Waals surface area contributed by atoms with E-state index >= 15 is 0 Å². The van der Waals surface area contributed by atoms with E-state index in [2.05, 4.69) is 16.3 Å². The molecule has 0 saturated carbocycles. The monoisotopic (exact) mass is 210 g/mol. The van der Waals surface area contributed by atoms with Crippen LogP contribution in [-0.2, 0) is 11.3 Å². The van der Waals surface area contributed by atoms with Crippen molar-refractivity contribution in [2.75, 3.05) is 12.5 Å². The van der Waals surface area contributed by atoms with E-state index < -0.39 is 0 Å². The van der Waals surface area contributed by atoms with Crippen LogP contribution >= 0.6 is 11.6 Å². The minimum atomic E-state index is 0.536. The largest absolute Gasteiger partial charge is 0.376 e. The van der Waals surface area contributed by atoms with Crippen molar-refractivity contribution in [1.82, 2.24) is 10.2 Å². The molecule has 0 saturated heterocycles. The van der Waals surface area contributed by atoms with E-state index in [1.165, 1.54) is 0 Å². The first-order chi connectivity index (χ1) is 6.90. The number of halogens is 1. The molecule has 74 valence electrons. The van der Waals surface area contributed by atoms with Crippen molar-refractivity contribution in [3.05, 3.63) is 30.0 Å². The zero-order valence-corrected chi connectivity index (χ0v) is 8.42. The first kappa shape index (κ1) is 9.49. The fourth-order valence-corrected chi connectivity index (χ4v) is 1.44. The highest BCUT2D eigenvalue weighted by molar-refractivity contribution is 6.17. The summed E-state index contributed by atoms with van der Waals surface area (Å²) in [6, 6.07) is 6.09. The number of aromatic amines is 1. The molecular formula is C10H11ClN2O. The number of alkyl halides is 1. The lowest BCUT2D eigenvalue weighted by Crippen LogP contribution is -1.95. The molecule has 0 amide bonds. The number of H-pyrrole nitrogens is 1. The summed E-state index contributed by atoms with van der Waals surface area (Å²) in [5.41, 5.74) is 2.19. The number of nitrogens with zero attached hydrogens (tertiary/aromatic N) is 1. The predicted octanol–water partition coefficient (Wildman–Crippen LogP) is 2.32.